The Morgan fingerprint density at radius 2 is 1.50 bits per heavy atom. The van der Waals surface area contributed by atoms with E-state index in [0.29, 0.717) is 35.7 Å². The van der Waals surface area contributed by atoms with E-state index in [9.17, 15) is 14.4 Å². The second kappa shape index (κ2) is 17.7. The number of unbranched alkanes of at least 4 members (excludes halogenated alkanes) is 3. The van der Waals surface area contributed by atoms with Gasteiger partial charge in [-0.3, -0.25) is 4.79 Å². The average molecular weight is 585 g/mol. The monoisotopic (exact) mass is 584 g/mol. The minimum atomic E-state index is -0.443. The van der Waals surface area contributed by atoms with Crippen LogP contribution in [0.5, 0.6) is 11.5 Å². The van der Waals surface area contributed by atoms with Crippen molar-refractivity contribution in [2.75, 3.05) is 27.4 Å². The Balaban J connectivity index is 1.30. The highest BCUT2D eigenvalue weighted by molar-refractivity contribution is 5.87. The summed E-state index contributed by atoms with van der Waals surface area (Å²) < 4.78 is 27.1. The maximum Gasteiger partial charge on any atom is 0.333 e. The molecule has 0 N–H and O–H groups in total. The van der Waals surface area contributed by atoms with E-state index in [0.717, 1.165) is 82.3 Å². The zero-order valence-electron chi connectivity index (χ0n) is 25.6. The highest BCUT2D eigenvalue weighted by Gasteiger charge is 2.34. The van der Waals surface area contributed by atoms with Gasteiger partial charge in [-0.25, -0.2) is 9.59 Å². The van der Waals surface area contributed by atoms with Gasteiger partial charge in [-0.1, -0.05) is 19.1 Å². The molecule has 1 aromatic rings. The summed E-state index contributed by atoms with van der Waals surface area (Å²) in [5, 5.41) is 0. The summed E-state index contributed by atoms with van der Waals surface area (Å²) >= 11 is 0. The summed E-state index contributed by atoms with van der Waals surface area (Å²) in [4.78, 5) is 35.7. The molecule has 0 saturated heterocycles. The predicted octanol–water partition coefficient (Wildman–Crippen LogP) is 6.85. The van der Waals surface area contributed by atoms with Crippen molar-refractivity contribution >= 4 is 24.0 Å². The van der Waals surface area contributed by atoms with Gasteiger partial charge in [0.2, 0.25) is 0 Å². The van der Waals surface area contributed by atoms with Crippen molar-refractivity contribution in [1.29, 1.82) is 0 Å². The number of hydrogen-bond donors (Lipinski definition) is 0. The molecule has 8 heteroatoms. The van der Waals surface area contributed by atoms with Crippen LogP contribution in [0.4, 0.5) is 0 Å². The zero-order chi connectivity index (χ0) is 30.3. The summed E-state index contributed by atoms with van der Waals surface area (Å²) in [6.45, 7) is 6.50. The molecule has 3 rings (SSSR count). The molecular formula is C34H48O8. The van der Waals surface area contributed by atoms with Crippen LogP contribution in [0.3, 0.4) is 0 Å². The smallest absolute Gasteiger partial charge is 0.333 e. The van der Waals surface area contributed by atoms with Crippen molar-refractivity contribution in [3.05, 3.63) is 42.0 Å². The zero-order valence-corrected chi connectivity index (χ0v) is 25.6. The highest BCUT2D eigenvalue weighted by atomic mass is 16.6. The molecule has 0 bridgehead atoms. The fourth-order valence-corrected chi connectivity index (χ4v) is 5.94. The van der Waals surface area contributed by atoms with Gasteiger partial charge < -0.3 is 23.7 Å². The topological polar surface area (TPSA) is 97.4 Å². The van der Waals surface area contributed by atoms with Gasteiger partial charge in [0.1, 0.15) is 0 Å². The largest absolute Gasteiger partial charge is 0.493 e. The summed E-state index contributed by atoms with van der Waals surface area (Å²) in [5.74, 6) is 1.18. The van der Waals surface area contributed by atoms with Crippen molar-refractivity contribution in [2.24, 2.45) is 17.8 Å². The SMILES string of the molecule is C=C(C)C(=O)OCCCCCCOC1CCC(C2CCC(C(=O)Oc3ccc(C=CC(=O)OC)cc3OC)CC2)CC1. The second-order valence-corrected chi connectivity index (χ2v) is 11.5. The number of benzene rings is 1. The second-order valence-electron chi connectivity index (χ2n) is 11.5. The molecule has 2 aliphatic carbocycles. The van der Waals surface area contributed by atoms with Gasteiger partial charge in [0.15, 0.2) is 11.5 Å². The van der Waals surface area contributed by atoms with Gasteiger partial charge in [-0.2, -0.15) is 0 Å². The number of methoxy groups -OCH3 is 2. The Labute approximate surface area is 250 Å². The quantitative estimate of drug-likeness (QED) is 0.0956. The van der Waals surface area contributed by atoms with Crippen LogP contribution in [-0.4, -0.2) is 51.4 Å². The molecule has 1 aromatic carbocycles. The number of hydrogen-bond acceptors (Lipinski definition) is 8. The van der Waals surface area contributed by atoms with Crippen LogP contribution in [0.15, 0.2) is 36.4 Å². The molecule has 2 fully saturated rings. The summed E-state index contributed by atoms with van der Waals surface area (Å²) in [5.41, 5.74) is 1.19. The van der Waals surface area contributed by atoms with E-state index < -0.39 is 5.97 Å². The summed E-state index contributed by atoms with van der Waals surface area (Å²) in [6.07, 6.45) is 15.8. The number of rotatable bonds is 15. The van der Waals surface area contributed by atoms with Gasteiger partial charge in [-0.15, -0.1) is 0 Å². The van der Waals surface area contributed by atoms with Gasteiger partial charge >= 0.3 is 17.9 Å². The maximum atomic E-state index is 13.0. The van der Waals surface area contributed by atoms with Gasteiger partial charge in [0.05, 0.1) is 32.8 Å². The van der Waals surface area contributed by atoms with Crippen LogP contribution in [0.1, 0.15) is 89.5 Å². The minimum absolute atomic E-state index is 0.0947. The van der Waals surface area contributed by atoms with E-state index in [2.05, 4.69) is 11.3 Å². The molecule has 0 spiro atoms. The lowest BCUT2D eigenvalue weighted by Gasteiger charge is -2.37. The van der Waals surface area contributed by atoms with E-state index >= 15 is 0 Å². The normalized spacial score (nSPS) is 22.4. The molecule has 0 aromatic heterocycles. The van der Waals surface area contributed by atoms with Crippen molar-refractivity contribution in [3.8, 4) is 11.5 Å². The van der Waals surface area contributed by atoms with Crippen LogP contribution in [-0.2, 0) is 28.6 Å². The Morgan fingerprint density at radius 3 is 2.12 bits per heavy atom. The number of carbonyl (C=O) groups is 3. The van der Waals surface area contributed by atoms with Crippen LogP contribution in [0.25, 0.3) is 6.08 Å². The van der Waals surface area contributed by atoms with Crippen LogP contribution in [0.2, 0.25) is 0 Å². The minimum Gasteiger partial charge on any atom is -0.493 e. The van der Waals surface area contributed by atoms with E-state index in [-0.39, 0.29) is 17.9 Å². The molecule has 0 radical (unpaired) electrons. The third kappa shape index (κ3) is 10.9. The fraction of sp³-hybridized carbons (Fsp3) is 0.618. The maximum absolute atomic E-state index is 13.0. The molecule has 0 atom stereocenters. The Morgan fingerprint density at radius 1 is 0.857 bits per heavy atom. The summed E-state index contributed by atoms with van der Waals surface area (Å²) in [7, 11) is 2.85. The van der Waals surface area contributed by atoms with Crippen LogP contribution < -0.4 is 9.47 Å². The first-order chi connectivity index (χ1) is 20.3. The third-order valence-electron chi connectivity index (χ3n) is 8.48. The lowest BCUT2D eigenvalue weighted by molar-refractivity contribution is -0.141. The van der Waals surface area contributed by atoms with E-state index in [1.165, 1.54) is 33.1 Å². The molecule has 2 saturated carbocycles. The molecule has 0 aliphatic heterocycles. The third-order valence-corrected chi connectivity index (χ3v) is 8.48. The number of esters is 3. The van der Waals surface area contributed by atoms with Crippen molar-refractivity contribution in [3.63, 3.8) is 0 Å². The van der Waals surface area contributed by atoms with Gasteiger partial charge in [0, 0.05) is 18.3 Å². The Kier molecular flexibility index (Phi) is 14.1. The van der Waals surface area contributed by atoms with Crippen LogP contribution in [0, 0.1) is 17.8 Å². The molecule has 42 heavy (non-hydrogen) atoms. The fourth-order valence-electron chi connectivity index (χ4n) is 5.94. The molecule has 0 heterocycles. The molecule has 0 amide bonds. The molecule has 232 valence electrons. The Bertz CT molecular complexity index is 1060. The number of ether oxygens (including phenoxy) is 5. The Hall–Kier alpha value is -3.13. The van der Waals surface area contributed by atoms with E-state index in [1.807, 2.05) is 0 Å². The van der Waals surface area contributed by atoms with Crippen molar-refractivity contribution in [1.82, 2.24) is 0 Å². The lowest BCUT2D eigenvalue weighted by atomic mass is 9.70. The first kappa shape index (κ1) is 33.4. The highest BCUT2D eigenvalue weighted by Crippen LogP contribution is 2.41. The molecule has 8 nitrogen and oxygen atoms in total. The number of carbonyl (C=O) groups excluding carboxylic acids is 3. The van der Waals surface area contributed by atoms with Gasteiger partial charge in [-0.05, 0) is 113 Å². The molecular weight excluding hydrogens is 536 g/mol. The first-order valence-corrected chi connectivity index (χ1v) is 15.4. The standard InChI is InChI=1S/C34H48O8/c1-24(2)33(36)41-22-8-6-5-7-21-40-29-17-15-27(16-18-29)26-11-13-28(14-12-26)34(37)42-30-19-9-25(23-31(30)38-3)10-20-32(35)39-4/h9-10,19-20,23,26-29H,1,5-8,11-18,21-22H2,2-4H3. The van der Waals surface area contributed by atoms with Gasteiger partial charge in [0.25, 0.3) is 0 Å². The summed E-state index contributed by atoms with van der Waals surface area (Å²) in [6, 6.07) is 5.20. The average Bonchev–Trinajstić information content (AvgIpc) is 3.01. The van der Waals surface area contributed by atoms with Crippen molar-refractivity contribution < 1.29 is 38.1 Å². The molecule has 2 aliphatic rings. The van der Waals surface area contributed by atoms with E-state index in [1.54, 1.807) is 31.2 Å². The molecule has 0 unspecified atom stereocenters. The lowest BCUT2D eigenvalue weighted by Crippen LogP contribution is -2.31. The van der Waals surface area contributed by atoms with Crippen LogP contribution >= 0.6 is 0 Å². The van der Waals surface area contributed by atoms with Crippen molar-refractivity contribution in [2.45, 2.75) is 90.1 Å². The predicted molar refractivity (Wildman–Crippen MR) is 161 cm³/mol. The van der Waals surface area contributed by atoms with E-state index in [4.69, 9.17) is 18.9 Å². The first-order valence-electron chi connectivity index (χ1n) is 15.4.